The SMILES string of the molecule is c1ccc(-c2cccc3sc4c(N(c5ccc(-c6ccc7ccccc7c6)cc5)c5ccc(-c6ccc7ccccc7c6)cc5)cccc4c23)cc1. The van der Waals surface area contributed by atoms with E-state index in [1.807, 2.05) is 11.3 Å². The van der Waals surface area contributed by atoms with E-state index in [1.165, 1.54) is 80.8 Å². The zero-order chi connectivity index (χ0) is 34.4. The van der Waals surface area contributed by atoms with Crippen molar-refractivity contribution < 1.29 is 0 Å². The van der Waals surface area contributed by atoms with Crippen LogP contribution in [0.5, 0.6) is 0 Å². The minimum Gasteiger partial charge on any atom is -0.309 e. The quantitative estimate of drug-likeness (QED) is 0.169. The molecule has 0 aliphatic rings. The van der Waals surface area contributed by atoms with Crippen LogP contribution in [0.4, 0.5) is 17.1 Å². The molecule has 10 rings (SSSR count). The summed E-state index contributed by atoms with van der Waals surface area (Å²) in [6, 6.07) is 72.9. The molecule has 0 atom stereocenters. The minimum atomic E-state index is 1.12. The number of rotatable bonds is 6. The van der Waals surface area contributed by atoms with E-state index in [1.54, 1.807) is 0 Å². The normalized spacial score (nSPS) is 11.5. The summed E-state index contributed by atoms with van der Waals surface area (Å²) in [5, 5.41) is 7.62. The minimum absolute atomic E-state index is 1.12. The third kappa shape index (κ3) is 5.33. The van der Waals surface area contributed by atoms with E-state index in [2.05, 4.69) is 205 Å². The monoisotopic (exact) mass is 679 g/mol. The molecule has 52 heavy (non-hydrogen) atoms. The van der Waals surface area contributed by atoms with Crippen molar-refractivity contribution in [1.29, 1.82) is 0 Å². The molecule has 2 heteroatoms. The van der Waals surface area contributed by atoms with Crippen LogP contribution in [0, 0.1) is 0 Å². The molecule has 0 unspecified atom stereocenters. The molecule has 10 aromatic rings. The lowest BCUT2D eigenvalue weighted by atomic mass is 9.99. The first-order valence-corrected chi connectivity index (χ1v) is 18.6. The zero-order valence-corrected chi connectivity index (χ0v) is 29.2. The van der Waals surface area contributed by atoms with E-state index in [4.69, 9.17) is 0 Å². The fraction of sp³-hybridized carbons (Fsp3) is 0. The molecule has 0 fully saturated rings. The van der Waals surface area contributed by atoms with E-state index in [0.717, 1.165) is 11.4 Å². The topological polar surface area (TPSA) is 3.24 Å². The third-order valence-electron chi connectivity index (χ3n) is 10.2. The van der Waals surface area contributed by atoms with Gasteiger partial charge in [0.2, 0.25) is 0 Å². The Morgan fingerprint density at radius 1 is 0.346 bits per heavy atom. The average molecular weight is 680 g/mol. The Kier molecular flexibility index (Phi) is 7.41. The van der Waals surface area contributed by atoms with Crippen molar-refractivity contribution in [3.8, 4) is 33.4 Å². The van der Waals surface area contributed by atoms with Crippen molar-refractivity contribution in [3.63, 3.8) is 0 Å². The summed E-state index contributed by atoms with van der Waals surface area (Å²) in [6.45, 7) is 0. The molecule has 0 aliphatic carbocycles. The summed E-state index contributed by atoms with van der Waals surface area (Å²) in [5.41, 5.74) is 10.8. The van der Waals surface area contributed by atoms with Crippen LogP contribution >= 0.6 is 11.3 Å². The molecule has 0 radical (unpaired) electrons. The first-order chi connectivity index (χ1) is 25.8. The summed E-state index contributed by atoms with van der Waals surface area (Å²) in [5.74, 6) is 0. The number of nitrogens with zero attached hydrogens (tertiary/aromatic N) is 1. The first-order valence-electron chi connectivity index (χ1n) is 17.8. The van der Waals surface area contributed by atoms with Crippen LogP contribution in [0.1, 0.15) is 0 Å². The molecule has 1 nitrogen and oxygen atoms in total. The number of anilines is 3. The second kappa shape index (κ2) is 12.7. The molecule has 0 aliphatic heterocycles. The predicted octanol–water partition coefficient (Wildman–Crippen LogP) is 14.8. The largest absolute Gasteiger partial charge is 0.309 e. The third-order valence-corrected chi connectivity index (χ3v) is 11.4. The Balaban J connectivity index is 1.12. The number of hydrogen-bond donors (Lipinski definition) is 0. The van der Waals surface area contributed by atoms with Gasteiger partial charge >= 0.3 is 0 Å². The fourth-order valence-electron chi connectivity index (χ4n) is 7.64. The van der Waals surface area contributed by atoms with Gasteiger partial charge < -0.3 is 4.90 Å². The zero-order valence-electron chi connectivity index (χ0n) is 28.4. The van der Waals surface area contributed by atoms with Gasteiger partial charge in [0.1, 0.15) is 0 Å². The number of benzene rings is 9. The Hall–Kier alpha value is -6.48. The molecule has 0 bridgehead atoms. The molecule has 0 saturated heterocycles. The molecular formula is C50H33NS. The van der Waals surface area contributed by atoms with Crippen LogP contribution in [-0.4, -0.2) is 0 Å². The highest BCUT2D eigenvalue weighted by atomic mass is 32.1. The molecule has 0 spiro atoms. The summed E-state index contributed by atoms with van der Waals surface area (Å²) in [7, 11) is 0. The second-order valence-corrected chi connectivity index (χ2v) is 14.4. The molecule has 1 heterocycles. The molecular weight excluding hydrogens is 647 g/mol. The smallest absolute Gasteiger partial charge is 0.0640 e. The van der Waals surface area contributed by atoms with Crippen LogP contribution in [0.15, 0.2) is 200 Å². The second-order valence-electron chi connectivity index (χ2n) is 13.4. The van der Waals surface area contributed by atoms with E-state index in [-0.39, 0.29) is 0 Å². The van der Waals surface area contributed by atoms with Crippen LogP contribution in [0.3, 0.4) is 0 Å². The van der Waals surface area contributed by atoms with E-state index in [9.17, 15) is 0 Å². The summed E-state index contributed by atoms with van der Waals surface area (Å²) in [6.07, 6.45) is 0. The molecule has 0 N–H and O–H groups in total. The van der Waals surface area contributed by atoms with Crippen molar-refractivity contribution >= 4 is 70.1 Å². The number of hydrogen-bond acceptors (Lipinski definition) is 2. The standard InChI is InChI=1S/C50H33NS/c1-2-12-38(13-3-1)45-16-9-19-48-49(45)46-17-8-18-47(50(46)52-48)51(43-28-24-36(25-29-43)41-22-20-34-10-4-6-14-39(34)32-41)44-30-26-37(27-31-44)42-23-21-35-11-5-7-15-40(35)33-42/h1-33H. The van der Waals surface area contributed by atoms with Gasteiger partial charge in [-0.2, -0.15) is 0 Å². The maximum Gasteiger partial charge on any atom is 0.0640 e. The van der Waals surface area contributed by atoms with Crippen LogP contribution in [0.2, 0.25) is 0 Å². The summed E-state index contributed by atoms with van der Waals surface area (Å²) in [4.78, 5) is 2.42. The van der Waals surface area contributed by atoms with Gasteiger partial charge in [0.15, 0.2) is 0 Å². The van der Waals surface area contributed by atoms with Gasteiger partial charge in [0.25, 0.3) is 0 Å². The van der Waals surface area contributed by atoms with Crippen molar-refractivity contribution in [2.24, 2.45) is 0 Å². The maximum atomic E-state index is 2.42. The van der Waals surface area contributed by atoms with Gasteiger partial charge in [-0.15, -0.1) is 11.3 Å². The van der Waals surface area contributed by atoms with E-state index >= 15 is 0 Å². The predicted molar refractivity (Wildman–Crippen MR) is 225 cm³/mol. The van der Waals surface area contributed by atoms with Gasteiger partial charge in [-0.05, 0) is 103 Å². The van der Waals surface area contributed by atoms with Crippen LogP contribution < -0.4 is 4.90 Å². The van der Waals surface area contributed by atoms with Crippen molar-refractivity contribution in [1.82, 2.24) is 0 Å². The lowest BCUT2D eigenvalue weighted by molar-refractivity contribution is 1.30. The molecule has 9 aromatic carbocycles. The molecule has 244 valence electrons. The maximum absolute atomic E-state index is 2.42. The van der Waals surface area contributed by atoms with Gasteiger partial charge in [-0.25, -0.2) is 0 Å². The number of fused-ring (bicyclic) bond motifs is 5. The fourth-order valence-corrected chi connectivity index (χ4v) is 8.87. The van der Waals surface area contributed by atoms with Crippen LogP contribution in [0.25, 0.3) is 75.1 Å². The highest BCUT2D eigenvalue weighted by molar-refractivity contribution is 7.26. The van der Waals surface area contributed by atoms with Crippen molar-refractivity contribution in [2.75, 3.05) is 4.90 Å². The highest BCUT2D eigenvalue weighted by Gasteiger charge is 2.20. The van der Waals surface area contributed by atoms with Crippen molar-refractivity contribution in [3.05, 3.63) is 200 Å². The Bertz CT molecular complexity index is 2760. The Labute approximate surface area is 307 Å². The summed E-state index contributed by atoms with van der Waals surface area (Å²) < 4.78 is 2.57. The molecule has 0 amide bonds. The highest BCUT2D eigenvalue weighted by Crippen LogP contribution is 2.47. The summed E-state index contributed by atoms with van der Waals surface area (Å²) >= 11 is 1.88. The lowest BCUT2D eigenvalue weighted by Gasteiger charge is -2.26. The van der Waals surface area contributed by atoms with Crippen molar-refractivity contribution in [2.45, 2.75) is 0 Å². The van der Waals surface area contributed by atoms with Gasteiger partial charge in [0.05, 0.1) is 10.4 Å². The molecule has 1 aromatic heterocycles. The first kappa shape index (κ1) is 30.4. The number of thiophene rings is 1. The lowest BCUT2D eigenvalue weighted by Crippen LogP contribution is -2.10. The van der Waals surface area contributed by atoms with Gasteiger partial charge in [-0.1, -0.05) is 152 Å². The van der Waals surface area contributed by atoms with Crippen LogP contribution in [-0.2, 0) is 0 Å². The van der Waals surface area contributed by atoms with Gasteiger partial charge in [0, 0.05) is 26.8 Å². The van der Waals surface area contributed by atoms with Gasteiger partial charge in [-0.3, -0.25) is 0 Å². The van der Waals surface area contributed by atoms with E-state index < -0.39 is 0 Å². The Morgan fingerprint density at radius 3 is 1.46 bits per heavy atom. The molecule has 0 saturated carbocycles. The average Bonchev–Trinajstić information content (AvgIpc) is 3.61. The Morgan fingerprint density at radius 2 is 0.865 bits per heavy atom. The van der Waals surface area contributed by atoms with E-state index in [0.29, 0.717) is 0 Å².